The molecule has 1 aromatic carbocycles. The molecule has 2 rings (SSSR count). The third-order valence-electron chi connectivity index (χ3n) is 4.14. The molecule has 0 spiro atoms. The first-order valence-corrected chi connectivity index (χ1v) is 9.59. The number of aromatic nitrogens is 2. The molecular formula is C21H30N4O3. The number of nitrogens with zero attached hydrogens (tertiary/aromatic N) is 2. The molecule has 0 aliphatic heterocycles. The van der Waals surface area contributed by atoms with Gasteiger partial charge in [0.05, 0.1) is 0 Å². The average molecular weight is 386 g/mol. The van der Waals surface area contributed by atoms with Crippen molar-refractivity contribution < 1.29 is 14.1 Å². The minimum absolute atomic E-state index is 0.168. The van der Waals surface area contributed by atoms with Gasteiger partial charge in [0.25, 0.3) is 0 Å². The van der Waals surface area contributed by atoms with Crippen LogP contribution in [0.2, 0.25) is 0 Å². The van der Waals surface area contributed by atoms with Crippen LogP contribution < -0.4 is 10.6 Å². The standard InChI is InChI=1S/C21H30N4O3/c1-13(2)15-7-9-16(10-8-15)19-23-18(28-25-19)12-11-17(26)22-14(3)20(27)24-21(4,5)6/h7-10,13-14H,11-12H2,1-6H3,(H,22,26)(H,24,27). The largest absolute Gasteiger partial charge is 0.350 e. The predicted molar refractivity (Wildman–Crippen MR) is 108 cm³/mol. The van der Waals surface area contributed by atoms with E-state index in [9.17, 15) is 9.59 Å². The van der Waals surface area contributed by atoms with Crippen LogP contribution in [0.5, 0.6) is 0 Å². The van der Waals surface area contributed by atoms with Gasteiger partial charge in [0.2, 0.25) is 23.5 Å². The second-order valence-electron chi connectivity index (χ2n) is 8.32. The van der Waals surface area contributed by atoms with E-state index in [1.807, 2.05) is 45.0 Å². The zero-order valence-electron chi connectivity index (χ0n) is 17.5. The fourth-order valence-corrected chi connectivity index (χ4v) is 2.57. The van der Waals surface area contributed by atoms with Gasteiger partial charge in [0.15, 0.2) is 0 Å². The Labute approximate surface area is 166 Å². The van der Waals surface area contributed by atoms with Crippen molar-refractivity contribution in [1.82, 2.24) is 20.8 Å². The molecule has 1 aromatic heterocycles. The number of carbonyl (C=O) groups excluding carboxylic acids is 2. The van der Waals surface area contributed by atoms with Crippen LogP contribution in [0.25, 0.3) is 11.4 Å². The van der Waals surface area contributed by atoms with Crippen molar-refractivity contribution in [3.05, 3.63) is 35.7 Å². The lowest BCUT2D eigenvalue weighted by Gasteiger charge is -2.23. The van der Waals surface area contributed by atoms with Gasteiger partial charge in [0, 0.05) is 23.9 Å². The maximum Gasteiger partial charge on any atom is 0.242 e. The summed E-state index contributed by atoms with van der Waals surface area (Å²) in [7, 11) is 0. The van der Waals surface area contributed by atoms with E-state index in [2.05, 4.69) is 34.6 Å². The van der Waals surface area contributed by atoms with Crippen molar-refractivity contribution in [2.45, 2.75) is 71.9 Å². The third kappa shape index (κ3) is 6.48. The van der Waals surface area contributed by atoms with Crippen LogP contribution in [0.4, 0.5) is 0 Å². The molecule has 2 aromatic rings. The van der Waals surface area contributed by atoms with E-state index < -0.39 is 6.04 Å². The Morgan fingerprint density at radius 2 is 1.75 bits per heavy atom. The number of hydrogen-bond acceptors (Lipinski definition) is 5. The summed E-state index contributed by atoms with van der Waals surface area (Å²) in [6.07, 6.45) is 0.484. The number of benzene rings is 1. The Hall–Kier alpha value is -2.70. The van der Waals surface area contributed by atoms with E-state index in [0.717, 1.165) is 5.56 Å². The lowest BCUT2D eigenvalue weighted by Crippen LogP contribution is -2.50. The first-order chi connectivity index (χ1) is 13.0. The number of amides is 2. The van der Waals surface area contributed by atoms with Gasteiger partial charge in [-0.1, -0.05) is 43.3 Å². The summed E-state index contributed by atoms with van der Waals surface area (Å²) in [5.41, 5.74) is 1.77. The van der Waals surface area contributed by atoms with E-state index in [1.54, 1.807) is 6.92 Å². The van der Waals surface area contributed by atoms with Crippen LogP contribution in [0.3, 0.4) is 0 Å². The molecule has 0 bridgehead atoms. The summed E-state index contributed by atoms with van der Waals surface area (Å²) >= 11 is 0. The van der Waals surface area contributed by atoms with Crippen molar-refractivity contribution >= 4 is 11.8 Å². The van der Waals surface area contributed by atoms with E-state index in [1.165, 1.54) is 5.56 Å². The predicted octanol–water partition coefficient (Wildman–Crippen LogP) is 3.21. The van der Waals surface area contributed by atoms with Gasteiger partial charge >= 0.3 is 0 Å². The van der Waals surface area contributed by atoms with Gasteiger partial charge in [0.1, 0.15) is 6.04 Å². The second kappa shape index (κ2) is 8.99. The molecule has 2 amide bonds. The SMILES string of the molecule is CC(NC(=O)CCc1nc(-c2ccc(C(C)C)cc2)no1)C(=O)NC(C)(C)C. The first kappa shape index (κ1) is 21.6. The summed E-state index contributed by atoms with van der Waals surface area (Å²) in [5.74, 6) is 0.901. The van der Waals surface area contributed by atoms with Gasteiger partial charge in [-0.05, 0) is 39.2 Å². The lowest BCUT2D eigenvalue weighted by molar-refractivity contribution is -0.129. The van der Waals surface area contributed by atoms with Crippen molar-refractivity contribution in [3.8, 4) is 11.4 Å². The minimum Gasteiger partial charge on any atom is -0.350 e. The molecule has 7 nitrogen and oxygen atoms in total. The molecule has 0 saturated carbocycles. The fraction of sp³-hybridized carbons (Fsp3) is 0.524. The number of carbonyl (C=O) groups is 2. The summed E-state index contributed by atoms with van der Waals surface area (Å²) in [6, 6.07) is 7.42. The maximum atomic E-state index is 12.1. The molecular weight excluding hydrogens is 356 g/mol. The molecule has 1 heterocycles. The highest BCUT2D eigenvalue weighted by atomic mass is 16.5. The molecule has 7 heteroatoms. The monoisotopic (exact) mass is 386 g/mol. The van der Waals surface area contributed by atoms with Gasteiger partial charge in [-0.15, -0.1) is 0 Å². The van der Waals surface area contributed by atoms with Crippen LogP contribution >= 0.6 is 0 Å². The normalized spacial score (nSPS) is 12.7. The number of aryl methyl sites for hydroxylation is 1. The van der Waals surface area contributed by atoms with Crippen molar-refractivity contribution in [2.75, 3.05) is 0 Å². The highest BCUT2D eigenvalue weighted by Gasteiger charge is 2.21. The van der Waals surface area contributed by atoms with Crippen LogP contribution in [0.15, 0.2) is 28.8 Å². The molecule has 0 aliphatic carbocycles. The lowest BCUT2D eigenvalue weighted by atomic mass is 10.0. The number of rotatable bonds is 7. The molecule has 2 N–H and O–H groups in total. The van der Waals surface area contributed by atoms with Gasteiger partial charge in [-0.3, -0.25) is 9.59 Å². The smallest absolute Gasteiger partial charge is 0.242 e. The van der Waals surface area contributed by atoms with E-state index in [0.29, 0.717) is 24.1 Å². The minimum atomic E-state index is -0.607. The van der Waals surface area contributed by atoms with E-state index >= 15 is 0 Å². The van der Waals surface area contributed by atoms with Gasteiger partial charge in [-0.2, -0.15) is 4.98 Å². The number of nitrogens with one attached hydrogen (secondary N) is 2. The zero-order chi connectivity index (χ0) is 20.9. The van der Waals surface area contributed by atoms with Crippen LogP contribution in [0, 0.1) is 0 Å². The van der Waals surface area contributed by atoms with Crippen molar-refractivity contribution in [2.24, 2.45) is 0 Å². The van der Waals surface area contributed by atoms with Crippen LogP contribution in [-0.4, -0.2) is 33.5 Å². The third-order valence-corrected chi connectivity index (χ3v) is 4.14. The topological polar surface area (TPSA) is 97.1 Å². The highest BCUT2D eigenvalue weighted by molar-refractivity contribution is 5.87. The van der Waals surface area contributed by atoms with Crippen molar-refractivity contribution in [3.63, 3.8) is 0 Å². The molecule has 1 unspecified atom stereocenters. The van der Waals surface area contributed by atoms with E-state index in [-0.39, 0.29) is 23.8 Å². The first-order valence-electron chi connectivity index (χ1n) is 9.59. The zero-order valence-corrected chi connectivity index (χ0v) is 17.5. The Morgan fingerprint density at radius 1 is 1.11 bits per heavy atom. The summed E-state index contributed by atoms with van der Waals surface area (Å²) in [5, 5.41) is 9.51. The fourth-order valence-electron chi connectivity index (χ4n) is 2.57. The molecule has 0 radical (unpaired) electrons. The Kier molecular flexibility index (Phi) is 6.94. The Balaban J connectivity index is 1.86. The molecule has 0 fully saturated rings. The number of hydrogen-bond donors (Lipinski definition) is 2. The molecule has 1 atom stereocenters. The molecule has 0 saturated heterocycles. The summed E-state index contributed by atoms with van der Waals surface area (Å²) < 4.78 is 5.25. The summed E-state index contributed by atoms with van der Waals surface area (Å²) in [4.78, 5) is 28.5. The molecule has 28 heavy (non-hydrogen) atoms. The Morgan fingerprint density at radius 3 is 2.32 bits per heavy atom. The van der Waals surface area contributed by atoms with E-state index in [4.69, 9.17) is 4.52 Å². The quantitative estimate of drug-likeness (QED) is 0.761. The molecule has 152 valence electrons. The van der Waals surface area contributed by atoms with Gasteiger partial charge < -0.3 is 15.2 Å². The van der Waals surface area contributed by atoms with Crippen molar-refractivity contribution in [1.29, 1.82) is 0 Å². The second-order valence-corrected chi connectivity index (χ2v) is 8.32. The molecule has 0 aliphatic rings. The van der Waals surface area contributed by atoms with Gasteiger partial charge in [-0.25, -0.2) is 0 Å². The van der Waals surface area contributed by atoms with Crippen LogP contribution in [-0.2, 0) is 16.0 Å². The Bertz CT molecular complexity index is 804. The highest BCUT2D eigenvalue weighted by Crippen LogP contribution is 2.20. The van der Waals surface area contributed by atoms with Crippen LogP contribution in [0.1, 0.15) is 65.3 Å². The average Bonchev–Trinajstić information content (AvgIpc) is 3.07. The maximum absolute atomic E-state index is 12.1. The summed E-state index contributed by atoms with van der Waals surface area (Å²) in [6.45, 7) is 11.6.